The van der Waals surface area contributed by atoms with Crippen molar-refractivity contribution in [2.45, 2.75) is 0 Å². The molecule has 0 radical (unpaired) electrons. The number of anilines is 2. The summed E-state index contributed by atoms with van der Waals surface area (Å²) in [5.41, 5.74) is 1.06. The molecule has 0 atom stereocenters. The lowest BCUT2D eigenvalue weighted by atomic mass is 10.2. The van der Waals surface area contributed by atoms with Crippen LogP contribution >= 0.6 is 24.8 Å². The fourth-order valence-electron chi connectivity index (χ4n) is 2.27. The summed E-state index contributed by atoms with van der Waals surface area (Å²) in [5.74, 6) is 0.585. The molecule has 0 unspecified atom stereocenters. The Balaban J connectivity index is 0.00000110. The van der Waals surface area contributed by atoms with E-state index in [1.807, 2.05) is 18.2 Å². The molecule has 1 aliphatic rings. The summed E-state index contributed by atoms with van der Waals surface area (Å²) in [5, 5.41) is 0. The van der Waals surface area contributed by atoms with Gasteiger partial charge in [-0.05, 0) is 30.3 Å². The smallest absolute Gasteiger partial charge is 0.225 e. The first-order valence-corrected chi connectivity index (χ1v) is 6.35. The fraction of sp³-hybridized carbons (Fsp3) is 0.286. The molecule has 3 rings (SSSR count). The molecule has 0 saturated carbocycles. The van der Waals surface area contributed by atoms with Crippen molar-refractivity contribution in [1.82, 2.24) is 9.97 Å². The van der Waals surface area contributed by atoms with Crippen molar-refractivity contribution in [3.05, 3.63) is 48.5 Å². The Morgan fingerprint density at radius 3 is 1.90 bits per heavy atom. The zero-order chi connectivity index (χ0) is 13.1. The minimum Gasteiger partial charge on any atom is -0.368 e. The van der Waals surface area contributed by atoms with Gasteiger partial charge in [-0.25, -0.2) is 14.4 Å². The summed E-state index contributed by atoms with van der Waals surface area (Å²) < 4.78 is 12.9. The molecule has 4 nitrogen and oxygen atoms in total. The zero-order valence-electron chi connectivity index (χ0n) is 11.4. The number of halogens is 3. The summed E-state index contributed by atoms with van der Waals surface area (Å²) in [7, 11) is 0. The Morgan fingerprint density at radius 1 is 0.810 bits per heavy atom. The molecule has 1 fully saturated rings. The van der Waals surface area contributed by atoms with E-state index in [0.717, 1.165) is 37.8 Å². The second kappa shape index (κ2) is 8.00. The van der Waals surface area contributed by atoms with Crippen LogP contribution in [0.25, 0.3) is 0 Å². The quantitative estimate of drug-likeness (QED) is 0.847. The van der Waals surface area contributed by atoms with Gasteiger partial charge < -0.3 is 9.80 Å². The average molecular weight is 331 g/mol. The van der Waals surface area contributed by atoms with Crippen LogP contribution in [0, 0.1) is 5.82 Å². The molecule has 0 spiro atoms. The summed E-state index contributed by atoms with van der Waals surface area (Å²) >= 11 is 0. The average Bonchev–Trinajstić information content (AvgIpc) is 2.49. The van der Waals surface area contributed by atoms with E-state index in [1.54, 1.807) is 12.4 Å². The molecule has 0 N–H and O–H groups in total. The second-order valence-electron chi connectivity index (χ2n) is 4.50. The Bertz CT molecular complexity index is 530. The minimum atomic E-state index is -0.194. The third-order valence-electron chi connectivity index (χ3n) is 3.31. The second-order valence-corrected chi connectivity index (χ2v) is 4.50. The van der Waals surface area contributed by atoms with Gasteiger partial charge in [-0.1, -0.05) is 0 Å². The van der Waals surface area contributed by atoms with Gasteiger partial charge in [0.05, 0.1) is 0 Å². The van der Waals surface area contributed by atoms with Gasteiger partial charge in [0, 0.05) is 44.3 Å². The van der Waals surface area contributed by atoms with Gasteiger partial charge in [-0.2, -0.15) is 0 Å². The number of hydrogen-bond donors (Lipinski definition) is 0. The van der Waals surface area contributed by atoms with Crippen molar-refractivity contribution in [3.63, 3.8) is 0 Å². The molecule has 7 heteroatoms. The van der Waals surface area contributed by atoms with Crippen molar-refractivity contribution >= 4 is 36.4 Å². The number of nitrogens with zero attached hydrogens (tertiary/aromatic N) is 4. The maximum atomic E-state index is 12.9. The molecule has 0 aliphatic carbocycles. The standard InChI is InChI=1S/C14H15FN4.2ClH/c15-12-2-4-13(5-3-12)18-8-10-19(11-9-18)14-16-6-1-7-17-14;;/h1-7H,8-11H2;2*1H. The number of benzene rings is 1. The third-order valence-corrected chi connectivity index (χ3v) is 3.31. The first-order chi connectivity index (χ1) is 9.33. The van der Waals surface area contributed by atoms with Crippen LogP contribution in [0.2, 0.25) is 0 Å². The van der Waals surface area contributed by atoms with Crippen LogP contribution in [0.5, 0.6) is 0 Å². The topological polar surface area (TPSA) is 32.3 Å². The van der Waals surface area contributed by atoms with E-state index in [1.165, 1.54) is 12.1 Å². The van der Waals surface area contributed by atoms with Crippen LogP contribution in [0.15, 0.2) is 42.7 Å². The summed E-state index contributed by atoms with van der Waals surface area (Å²) in [4.78, 5) is 12.9. The maximum absolute atomic E-state index is 12.9. The number of piperazine rings is 1. The first kappa shape index (κ1) is 17.5. The fourth-order valence-corrected chi connectivity index (χ4v) is 2.27. The largest absolute Gasteiger partial charge is 0.368 e. The number of aromatic nitrogens is 2. The van der Waals surface area contributed by atoms with Gasteiger partial charge in [0.2, 0.25) is 5.95 Å². The highest BCUT2D eigenvalue weighted by atomic mass is 35.5. The highest BCUT2D eigenvalue weighted by Crippen LogP contribution is 2.18. The van der Waals surface area contributed by atoms with Crippen LogP contribution in [-0.2, 0) is 0 Å². The molecular weight excluding hydrogens is 314 g/mol. The zero-order valence-corrected chi connectivity index (χ0v) is 13.0. The van der Waals surface area contributed by atoms with E-state index in [0.29, 0.717) is 0 Å². The molecule has 0 amide bonds. The summed E-state index contributed by atoms with van der Waals surface area (Å²) in [6, 6.07) is 8.47. The molecule has 21 heavy (non-hydrogen) atoms. The van der Waals surface area contributed by atoms with Gasteiger partial charge in [0.25, 0.3) is 0 Å². The SMILES string of the molecule is Cl.Cl.Fc1ccc(N2CCN(c3ncccn3)CC2)cc1. The maximum Gasteiger partial charge on any atom is 0.225 e. The predicted octanol–water partition coefficient (Wildman–Crippen LogP) is 2.79. The Hall–Kier alpha value is -1.59. The van der Waals surface area contributed by atoms with Crippen molar-refractivity contribution in [1.29, 1.82) is 0 Å². The third kappa shape index (κ3) is 4.19. The molecule has 114 valence electrons. The molecule has 1 aromatic carbocycles. The van der Waals surface area contributed by atoms with E-state index in [9.17, 15) is 4.39 Å². The molecular formula is C14H17Cl2FN4. The summed E-state index contributed by atoms with van der Waals surface area (Å²) in [6.45, 7) is 3.54. The lowest BCUT2D eigenvalue weighted by Gasteiger charge is -2.36. The van der Waals surface area contributed by atoms with Gasteiger partial charge in [0.15, 0.2) is 0 Å². The predicted molar refractivity (Wildman–Crippen MR) is 87.4 cm³/mol. The molecule has 1 aliphatic heterocycles. The number of hydrogen-bond acceptors (Lipinski definition) is 4. The van der Waals surface area contributed by atoms with E-state index < -0.39 is 0 Å². The minimum absolute atomic E-state index is 0. The van der Waals surface area contributed by atoms with E-state index >= 15 is 0 Å². The van der Waals surface area contributed by atoms with E-state index in [2.05, 4.69) is 19.8 Å². The Morgan fingerprint density at radius 2 is 1.33 bits per heavy atom. The molecule has 1 saturated heterocycles. The summed E-state index contributed by atoms with van der Waals surface area (Å²) in [6.07, 6.45) is 3.52. The highest BCUT2D eigenvalue weighted by molar-refractivity contribution is 5.85. The highest BCUT2D eigenvalue weighted by Gasteiger charge is 2.18. The van der Waals surface area contributed by atoms with Crippen molar-refractivity contribution < 1.29 is 4.39 Å². The van der Waals surface area contributed by atoms with Crippen molar-refractivity contribution in [2.75, 3.05) is 36.0 Å². The van der Waals surface area contributed by atoms with Crippen molar-refractivity contribution in [3.8, 4) is 0 Å². The van der Waals surface area contributed by atoms with Crippen LogP contribution < -0.4 is 9.80 Å². The monoisotopic (exact) mass is 330 g/mol. The Labute approximate surface area is 135 Å². The lowest BCUT2D eigenvalue weighted by Crippen LogP contribution is -2.47. The number of rotatable bonds is 2. The lowest BCUT2D eigenvalue weighted by molar-refractivity contribution is 0.623. The van der Waals surface area contributed by atoms with Crippen molar-refractivity contribution in [2.24, 2.45) is 0 Å². The normalized spacial score (nSPS) is 14.1. The van der Waals surface area contributed by atoms with E-state index in [-0.39, 0.29) is 30.6 Å². The molecule has 0 bridgehead atoms. The van der Waals surface area contributed by atoms with Gasteiger partial charge >= 0.3 is 0 Å². The van der Waals surface area contributed by atoms with Crippen LogP contribution in [0.4, 0.5) is 16.0 Å². The van der Waals surface area contributed by atoms with Gasteiger partial charge in [-0.15, -0.1) is 24.8 Å². The van der Waals surface area contributed by atoms with Gasteiger partial charge in [0.1, 0.15) is 5.82 Å². The van der Waals surface area contributed by atoms with E-state index in [4.69, 9.17) is 0 Å². The first-order valence-electron chi connectivity index (χ1n) is 6.35. The molecule has 2 aromatic rings. The Kier molecular flexibility index (Phi) is 6.65. The van der Waals surface area contributed by atoms with Gasteiger partial charge in [-0.3, -0.25) is 0 Å². The molecule has 2 heterocycles. The molecule has 1 aromatic heterocycles. The van der Waals surface area contributed by atoms with Crippen LogP contribution in [-0.4, -0.2) is 36.1 Å². The van der Waals surface area contributed by atoms with Crippen LogP contribution in [0.3, 0.4) is 0 Å². The van der Waals surface area contributed by atoms with Crippen LogP contribution in [0.1, 0.15) is 0 Å².